The van der Waals surface area contributed by atoms with Crippen LogP contribution in [-0.4, -0.2) is 44.1 Å². The molecule has 0 radical (unpaired) electrons. The highest BCUT2D eigenvalue weighted by Crippen LogP contribution is 2.15. The van der Waals surface area contributed by atoms with Crippen molar-refractivity contribution in [1.82, 2.24) is 9.62 Å². The summed E-state index contributed by atoms with van der Waals surface area (Å²) in [5.74, 6) is 0.142. The first kappa shape index (κ1) is 20.9. The van der Waals surface area contributed by atoms with Gasteiger partial charge >= 0.3 is 0 Å². The Labute approximate surface area is 150 Å². The quantitative estimate of drug-likeness (QED) is 0.788. The van der Waals surface area contributed by atoms with E-state index in [2.05, 4.69) is 4.72 Å². The number of rotatable bonds is 6. The molecule has 0 aromatic heterocycles. The van der Waals surface area contributed by atoms with Crippen LogP contribution in [0.2, 0.25) is 0 Å². The van der Waals surface area contributed by atoms with Gasteiger partial charge in [0, 0.05) is 31.2 Å². The highest BCUT2D eigenvalue weighted by molar-refractivity contribution is 7.89. The minimum absolute atomic E-state index is 0. The lowest BCUT2D eigenvalue weighted by Gasteiger charge is -2.32. The van der Waals surface area contributed by atoms with Crippen LogP contribution in [0.4, 0.5) is 0 Å². The third-order valence-corrected chi connectivity index (χ3v) is 5.68. The largest absolute Gasteiger partial charge is 0.339 e. The molecule has 1 fully saturated rings. The van der Waals surface area contributed by atoms with E-state index in [0.717, 1.165) is 5.56 Å². The van der Waals surface area contributed by atoms with E-state index in [0.29, 0.717) is 44.5 Å². The van der Waals surface area contributed by atoms with Gasteiger partial charge < -0.3 is 10.6 Å². The smallest absolute Gasteiger partial charge is 0.253 e. The Bertz CT molecular complexity index is 626. The zero-order valence-corrected chi connectivity index (χ0v) is 15.5. The number of halogens is 1. The van der Waals surface area contributed by atoms with E-state index in [1.807, 2.05) is 19.1 Å². The second-order valence-corrected chi connectivity index (χ2v) is 7.78. The van der Waals surface area contributed by atoms with Gasteiger partial charge in [0.1, 0.15) is 0 Å². The Kier molecular flexibility index (Phi) is 8.15. The molecule has 2 rings (SSSR count). The first-order chi connectivity index (χ1) is 10.9. The number of likely N-dealkylation sites (tertiary alicyclic amines) is 1. The van der Waals surface area contributed by atoms with Gasteiger partial charge in [-0.15, -0.1) is 12.4 Å². The van der Waals surface area contributed by atoms with Crippen molar-refractivity contribution >= 4 is 28.3 Å². The van der Waals surface area contributed by atoms with Gasteiger partial charge in [-0.2, -0.15) is 0 Å². The number of nitrogens with two attached hydrogens (primary N) is 1. The molecule has 6 nitrogen and oxygen atoms in total. The Balaban J connectivity index is 0.00000288. The summed E-state index contributed by atoms with van der Waals surface area (Å²) < 4.78 is 26.3. The molecule has 1 heterocycles. The third-order valence-electron chi connectivity index (χ3n) is 4.04. The van der Waals surface area contributed by atoms with Gasteiger partial charge in [-0.3, -0.25) is 4.79 Å². The molecular formula is C16H26ClN3O3S. The van der Waals surface area contributed by atoms with Crippen molar-refractivity contribution < 1.29 is 13.2 Å². The average molecular weight is 376 g/mol. The maximum atomic E-state index is 12.4. The van der Waals surface area contributed by atoms with E-state index in [4.69, 9.17) is 5.73 Å². The number of amides is 1. The van der Waals surface area contributed by atoms with Gasteiger partial charge in [-0.25, -0.2) is 13.1 Å². The van der Waals surface area contributed by atoms with E-state index in [1.54, 1.807) is 17.0 Å². The molecule has 1 aromatic carbocycles. The lowest BCUT2D eigenvalue weighted by Crippen LogP contribution is -2.46. The number of benzene rings is 1. The van der Waals surface area contributed by atoms with E-state index in [9.17, 15) is 13.2 Å². The average Bonchev–Trinajstić information content (AvgIpc) is 2.54. The monoisotopic (exact) mass is 375 g/mol. The van der Waals surface area contributed by atoms with Crippen LogP contribution in [0.3, 0.4) is 0 Å². The molecule has 24 heavy (non-hydrogen) atoms. The summed E-state index contributed by atoms with van der Waals surface area (Å²) >= 11 is 0. The Morgan fingerprint density at radius 2 is 1.83 bits per heavy atom. The zero-order chi connectivity index (χ0) is 16.9. The lowest BCUT2D eigenvalue weighted by atomic mass is 10.0. The summed E-state index contributed by atoms with van der Waals surface area (Å²) in [5.41, 5.74) is 7.19. The van der Waals surface area contributed by atoms with Gasteiger partial charge in [0.15, 0.2) is 0 Å². The fraction of sp³-hybridized carbons (Fsp3) is 0.562. The maximum absolute atomic E-state index is 12.4. The topological polar surface area (TPSA) is 92.5 Å². The van der Waals surface area contributed by atoms with Crippen LogP contribution in [0.1, 0.15) is 42.1 Å². The third kappa shape index (κ3) is 5.73. The molecule has 1 aliphatic heterocycles. The Hall–Kier alpha value is -1.15. The number of nitrogens with zero attached hydrogens (tertiary/aromatic N) is 1. The molecule has 1 saturated heterocycles. The second kappa shape index (κ2) is 9.36. The van der Waals surface area contributed by atoms with Crippen LogP contribution in [0, 0.1) is 0 Å². The highest BCUT2D eigenvalue weighted by atomic mass is 35.5. The molecule has 136 valence electrons. The molecular weight excluding hydrogens is 350 g/mol. The number of hydrogen-bond donors (Lipinski definition) is 2. The van der Waals surface area contributed by atoms with Crippen LogP contribution in [0.25, 0.3) is 0 Å². The summed E-state index contributed by atoms with van der Waals surface area (Å²) in [6.45, 7) is 3.43. The zero-order valence-electron chi connectivity index (χ0n) is 13.9. The van der Waals surface area contributed by atoms with E-state index >= 15 is 0 Å². The van der Waals surface area contributed by atoms with Crippen molar-refractivity contribution in [2.75, 3.05) is 18.8 Å². The molecule has 8 heteroatoms. The number of sulfonamides is 1. The van der Waals surface area contributed by atoms with Gasteiger partial charge in [0.2, 0.25) is 10.0 Å². The summed E-state index contributed by atoms with van der Waals surface area (Å²) in [6, 6.07) is 7.23. The lowest BCUT2D eigenvalue weighted by molar-refractivity contribution is 0.0711. The minimum Gasteiger partial charge on any atom is -0.339 e. The molecule has 1 amide bonds. The fourth-order valence-electron chi connectivity index (χ4n) is 2.75. The summed E-state index contributed by atoms with van der Waals surface area (Å²) in [5, 5.41) is 0. The number of carbonyl (C=O) groups excluding carboxylic acids is 1. The van der Waals surface area contributed by atoms with Crippen LogP contribution < -0.4 is 10.5 Å². The van der Waals surface area contributed by atoms with Crippen molar-refractivity contribution in [3.8, 4) is 0 Å². The number of piperidine rings is 1. The van der Waals surface area contributed by atoms with E-state index in [-0.39, 0.29) is 30.1 Å². The van der Waals surface area contributed by atoms with Crippen molar-refractivity contribution in [2.45, 2.75) is 38.8 Å². The van der Waals surface area contributed by atoms with Gasteiger partial charge in [-0.05, 0) is 37.0 Å². The molecule has 3 N–H and O–H groups in total. The first-order valence-corrected chi connectivity index (χ1v) is 9.68. The predicted octanol–water partition coefficient (Wildman–Crippen LogP) is 1.50. The number of hydrogen-bond acceptors (Lipinski definition) is 4. The van der Waals surface area contributed by atoms with Gasteiger partial charge in [-0.1, -0.05) is 19.1 Å². The molecule has 1 aromatic rings. The van der Waals surface area contributed by atoms with Crippen molar-refractivity contribution in [2.24, 2.45) is 5.73 Å². The Morgan fingerprint density at radius 1 is 1.25 bits per heavy atom. The molecule has 0 unspecified atom stereocenters. The molecule has 0 atom stereocenters. The normalized spacial score (nSPS) is 15.8. The summed E-state index contributed by atoms with van der Waals surface area (Å²) in [4.78, 5) is 14.2. The SMILES string of the molecule is CCCS(=O)(=O)NC1CCN(C(=O)c2ccc(CN)cc2)CC1.Cl. The van der Waals surface area contributed by atoms with E-state index in [1.165, 1.54) is 0 Å². The van der Waals surface area contributed by atoms with Gasteiger partial charge in [0.05, 0.1) is 5.75 Å². The first-order valence-electron chi connectivity index (χ1n) is 8.03. The summed E-state index contributed by atoms with van der Waals surface area (Å²) in [6.07, 6.45) is 1.90. The van der Waals surface area contributed by atoms with Crippen molar-refractivity contribution in [1.29, 1.82) is 0 Å². The van der Waals surface area contributed by atoms with E-state index < -0.39 is 10.0 Å². The van der Waals surface area contributed by atoms with Crippen LogP contribution in [-0.2, 0) is 16.6 Å². The number of nitrogens with one attached hydrogen (secondary N) is 1. The molecule has 0 bridgehead atoms. The van der Waals surface area contributed by atoms with Crippen LogP contribution in [0.15, 0.2) is 24.3 Å². The van der Waals surface area contributed by atoms with Crippen molar-refractivity contribution in [3.05, 3.63) is 35.4 Å². The summed E-state index contributed by atoms with van der Waals surface area (Å²) in [7, 11) is -3.19. The molecule has 0 aliphatic carbocycles. The molecule has 0 spiro atoms. The van der Waals surface area contributed by atoms with Crippen LogP contribution in [0.5, 0.6) is 0 Å². The predicted molar refractivity (Wildman–Crippen MR) is 97.7 cm³/mol. The number of carbonyl (C=O) groups is 1. The van der Waals surface area contributed by atoms with Gasteiger partial charge in [0.25, 0.3) is 5.91 Å². The second-order valence-electron chi connectivity index (χ2n) is 5.90. The standard InChI is InChI=1S/C16H25N3O3S.ClH/c1-2-11-23(21,22)18-15-7-9-19(10-8-15)16(20)14-5-3-13(12-17)4-6-14;/h3-6,15,18H,2,7-12,17H2,1H3;1H. The Morgan fingerprint density at radius 3 is 2.33 bits per heavy atom. The van der Waals surface area contributed by atoms with Crippen LogP contribution >= 0.6 is 12.4 Å². The fourth-order valence-corrected chi connectivity index (χ4v) is 4.15. The highest BCUT2D eigenvalue weighted by Gasteiger charge is 2.26. The maximum Gasteiger partial charge on any atom is 0.253 e. The minimum atomic E-state index is -3.19. The molecule has 1 aliphatic rings. The molecule has 0 saturated carbocycles. The van der Waals surface area contributed by atoms with Crippen molar-refractivity contribution in [3.63, 3.8) is 0 Å².